The van der Waals surface area contributed by atoms with Crippen LogP contribution < -0.4 is 4.74 Å². The number of alkyl halides is 1. The van der Waals surface area contributed by atoms with E-state index < -0.39 is 47.0 Å². The number of benzene rings is 1. The number of hydrogen-bond acceptors (Lipinski definition) is 8. The lowest BCUT2D eigenvalue weighted by atomic mass is 10.1. The molecule has 1 unspecified atom stereocenters. The van der Waals surface area contributed by atoms with Crippen molar-refractivity contribution in [2.24, 2.45) is 0 Å². The van der Waals surface area contributed by atoms with Crippen LogP contribution in [0.4, 0.5) is 0 Å². The van der Waals surface area contributed by atoms with Crippen molar-refractivity contribution in [2.75, 3.05) is 13.7 Å². The second-order valence-corrected chi connectivity index (χ2v) is 9.19. The molecule has 9 nitrogen and oxygen atoms in total. The summed E-state index contributed by atoms with van der Waals surface area (Å²) in [4.78, 5) is 51.1. The molecule has 1 aromatic carbocycles. The third kappa shape index (κ3) is 10.1. The van der Waals surface area contributed by atoms with Gasteiger partial charge in [0.05, 0.1) is 7.11 Å². The Morgan fingerprint density at radius 1 is 0.970 bits per heavy atom. The molecule has 0 radical (unpaired) electrons. The lowest BCUT2D eigenvalue weighted by molar-refractivity contribution is -0.191. The minimum absolute atomic E-state index is 0.0747. The maximum absolute atomic E-state index is 13.5. The topological polar surface area (TPSA) is 108 Å². The highest BCUT2D eigenvalue weighted by molar-refractivity contribution is 6.20. The van der Waals surface area contributed by atoms with Crippen molar-refractivity contribution in [1.82, 2.24) is 4.90 Å². The summed E-state index contributed by atoms with van der Waals surface area (Å²) in [6, 6.07) is 6.98. The molecule has 184 valence electrons. The SMILES string of the molecule is COc1ccc(CN(CC(C)Cl)C(=O)[C@H](OC(C)=O)[C@@H](OC(C)=O)C(=O)OC(C)(C)C)cc1. The average Bonchev–Trinajstić information content (AvgIpc) is 2.68. The number of carbonyl (C=O) groups excluding carboxylic acids is 4. The van der Waals surface area contributed by atoms with Gasteiger partial charge in [0.25, 0.3) is 5.91 Å². The highest BCUT2D eigenvalue weighted by atomic mass is 35.5. The number of halogens is 1. The Kier molecular flexibility index (Phi) is 10.6. The van der Waals surface area contributed by atoms with E-state index in [-0.39, 0.29) is 13.1 Å². The molecule has 0 fully saturated rings. The maximum Gasteiger partial charge on any atom is 0.352 e. The molecule has 0 aliphatic heterocycles. The Labute approximate surface area is 199 Å². The van der Waals surface area contributed by atoms with Crippen LogP contribution in [-0.4, -0.2) is 65.6 Å². The third-order valence-electron chi connectivity index (χ3n) is 4.06. The number of amides is 1. The van der Waals surface area contributed by atoms with E-state index >= 15 is 0 Å². The number of esters is 3. The minimum atomic E-state index is -1.79. The molecule has 0 heterocycles. The number of hydrogen-bond donors (Lipinski definition) is 0. The van der Waals surface area contributed by atoms with Crippen molar-refractivity contribution < 1.29 is 38.1 Å². The molecule has 0 bridgehead atoms. The fourth-order valence-corrected chi connectivity index (χ4v) is 3.03. The second-order valence-electron chi connectivity index (χ2n) is 8.44. The van der Waals surface area contributed by atoms with Gasteiger partial charge in [-0.2, -0.15) is 0 Å². The third-order valence-corrected chi connectivity index (χ3v) is 4.20. The molecule has 0 saturated carbocycles. The first kappa shape index (κ1) is 28.2. The van der Waals surface area contributed by atoms with E-state index in [2.05, 4.69) is 0 Å². The molecule has 10 heteroatoms. The van der Waals surface area contributed by atoms with Crippen LogP contribution >= 0.6 is 11.6 Å². The molecule has 0 aliphatic rings. The Morgan fingerprint density at radius 3 is 1.91 bits per heavy atom. The zero-order chi connectivity index (χ0) is 25.3. The summed E-state index contributed by atoms with van der Waals surface area (Å²) in [6.45, 7) is 8.86. The second kappa shape index (κ2) is 12.4. The van der Waals surface area contributed by atoms with Crippen LogP contribution in [0.3, 0.4) is 0 Å². The van der Waals surface area contributed by atoms with Crippen LogP contribution in [0.15, 0.2) is 24.3 Å². The Bertz CT molecular complexity index is 832. The van der Waals surface area contributed by atoms with Gasteiger partial charge in [0.2, 0.25) is 12.2 Å². The quantitative estimate of drug-likeness (QED) is 0.283. The van der Waals surface area contributed by atoms with Crippen LogP contribution in [0, 0.1) is 0 Å². The largest absolute Gasteiger partial charge is 0.497 e. The van der Waals surface area contributed by atoms with E-state index in [0.29, 0.717) is 5.75 Å². The summed E-state index contributed by atoms with van der Waals surface area (Å²) in [5.74, 6) is -2.81. The van der Waals surface area contributed by atoms with Gasteiger partial charge in [0, 0.05) is 32.3 Å². The highest BCUT2D eigenvalue weighted by Gasteiger charge is 2.43. The number of nitrogens with zero attached hydrogens (tertiary/aromatic N) is 1. The van der Waals surface area contributed by atoms with Gasteiger partial charge in [-0.05, 0) is 45.4 Å². The van der Waals surface area contributed by atoms with Crippen LogP contribution in [0.1, 0.15) is 47.1 Å². The van der Waals surface area contributed by atoms with Gasteiger partial charge in [0.1, 0.15) is 11.4 Å². The van der Waals surface area contributed by atoms with E-state index in [9.17, 15) is 19.2 Å². The lowest BCUT2D eigenvalue weighted by Crippen LogP contribution is -2.53. The van der Waals surface area contributed by atoms with E-state index in [1.807, 2.05) is 0 Å². The maximum atomic E-state index is 13.5. The smallest absolute Gasteiger partial charge is 0.352 e. The van der Waals surface area contributed by atoms with Crippen molar-refractivity contribution in [1.29, 1.82) is 0 Å². The van der Waals surface area contributed by atoms with Crippen molar-refractivity contribution in [3.63, 3.8) is 0 Å². The molecular formula is C23H32ClNO8. The molecule has 0 saturated heterocycles. The first-order chi connectivity index (χ1) is 15.2. The summed E-state index contributed by atoms with van der Waals surface area (Å²) in [6.07, 6.45) is -3.54. The van der Waals surface area contributed by atoms with Gasteiger partial charge in [-0.25, -0.2) is 4.79 Å². The summed E-state index contributed by atoms with van der Waals surface area (Å²) in [5, 5.41) is -0.459. The molecule has 1 aromatic rings. The molecule has 0 aliphatic carbocycles. The number of carbonyl (C=O) groups is 4. The van der Waals surface area contributed by atoms with Crippen LogP contribution in [0.25, 0.3) is 0 Å². The van der Waals surface area contributed by atoms with E-state index in [1.165, 1.54) is 12.0 Å². The predicted octanol–water partition coefficient (Wildman–Crippen LogP) is 2.86. The van der Waals surface area contributed by atoms with Crippen LogP contribution in [0.5, 0.6) is 5.75 Å². The predicted molar refractivity (Wildman–Crippen MR) is 121 cm³/mol. The van der Waals surface area contributed by atoms with Gasteiger partial charge in [-0.3, -0.25) is 14.4 Å². The van der Waals surface area contributed by atoms with Gasteiger partial charge in [-0.15, -0.1) is 11.6 Å². The van der Waals surface area contributed by atoms with Crippen molar-refractivity contribution in [2.45, 2.75) is 71.3 Å². The van der Waals surface area contributed by atoms with Gasteiger partial charge in [0.15, 0.2) is 0 Å². The minimum Gasteiger partial charge on any atom is -0.497 e. The first-order valence-electron chi connectivity index (χ1n) is 10.4. The van der Waals surface area contributed by atoms with E-state index in [0.717, 1.165) is 19.4 Å². The van der Waals surface area contributed by atoms with Crippen molar-refractivity contribution in [3.8, 4) is 5.75 Å². The van der Waals surface area contributed by atoms with Gasteiger partial charge >= 0.3 is 17.9 Å². The zero-order valence-electron chi connectivity index (χ0n) is 20.0. The molecular weight excluding hydrogens is 454 g/mol. The summed E-state index contributed by atoms with van der Waals surface area (Å²) >= 11 is 6.16. The Hall–Kier alpha value is -2.81. The molecule has 0 N–H and O–H groups in total. The average molecular weight is 486 g/mol. The highest BCUT2D eigenvalue weighted by Crippen LogP contribution is 2.19. The Morgan fingerprint density at radius 2 is 1.48 bits per heavy atom. The fraction of sp³-hybridized carbons (Fsp3) is 0.565. The van der Waals surface area contributed by atoms with Crippen LogP contribution in [-0.2, 0) is 39.9 Å². The summed E-state index contributed by atoms with van der Waals surface area (Å²) in [7, 11) is 1.54. The lowest BCUT2D eigenvalue weighted by Gasteiger charge is -2.32. The molecule has 0 aromatic heterocycles. The van der Waals surface area contributed by atoms with Crippen molar-refractivity contribution >= 4 is 35.4 Å². The standard InChI is InChI=1S/C23H32ClNO8/c1-14(24)12-25(13-17-8-10-18(30-7)11-9-17)21(28)19(31-15(2)26)20(32-16(3)27)22(29)33-23(4,5)6/h8-11,14,19-20H,12-13H2,1-7H3/t14?,19-,20-/m1/s1. The molecule has 0 spiro atoms. The number of rotatable bonds is 10. The molecule has 1 amide bonds. The fourth-order valence-electron chi connectivity index (χ4n) is 2.86. The molecule has 33 heavy (non-hydrogen) atoms. The van der Waals surface area contributed by atoms with Gasteiger partial charge < -0.3 is 23.8 Å². The molecule has 3 atom stereocenters. The number of ether oxygens (including phenoxy) is 4. The normalized spacial score (nSPS) is 13.8. The summed E-state index contributed by atoms with van der Waals surface area (Å²) < 4.78 is 20.7. The summed E-state index contributed by atoms with van der Waals surface area (Å²) in [5.41, 5.74) is -0.198. The molecule has 1 rings (SSSR count). The number of methoxy groups -OCH3 is 1. The monoisotopic (exact) mass is 485 g/mol. The van der Waals surface area contributed by atoms with E-state index in [4.69, 9.17) is 30.5 Å². The first-order valence-corrected chi connectivity index (χ1v) is 10.8. The van der Waals surface area contributed by atoms with E-state index in [1.54, 1.807) is 52.0 Å². The Balaban J connectivity index is 3.34. The van der Waals surface area contributed by atoms with Crippen LogP contribution in [0.2, 0.25) is 0 Å². The zero-order valence-corrected chi connectivity index (χ0v) is 20.8. The van der Waals surface area contributed by atoms with Crippen molar-refractivity contribution in [3.05, 3.63) is 29.8 Å². The van der Waals surface area contributed by atoms with Gasteiger partial charge in [-0.1, -0.05) is 12.1 Å².